The average molecular weight is 278 g/mol. The first-order valence-electron chi connectivity index (χ1n) is 7.05. The SMILES string of the molecule is CC[C@H]1CC[C@H](COc2ccc(C#N)cc2Cl)CC1. The lowest BCUT2D eigenvalue weighted by atomic mass is 9.81. The number of nitrogens with zero attached hydrogens (tertiary/aromatic N) is 1. The van der Waals surface area contributed by atoms with Gasteiger partial charge in [-0.2, -0.15) is 5.26 Å². The first-order chi connectivity index (χ1) is 9.22. The van der Waals surface area contributed by atoms with Gasteiger partial charge in [-0.15, -0.1) is 0 Å². The average Bonchev–Trinajstić information content (AvgIpc) is 2.46. The molecule has 0 N–H and O–H groups in total. The Morgan fingerprint density at radius 1 is 1.26 bits per heavy atom. The molecule has 0 spiro atoms. The number of nitriles is 1. The van der Waals surface area contributed by atoms with Crippen LogP contribution >= 0.6 is 11.6 Å². The number of rotatable bonds is 4. The van der Waals surface area contributed by atoms with Gasteiger partial charge in [0.25, 0.3) is 0 Å². The van der Waals surface area contributed by atoms with Gasteiger partial charge in [0.2, 0.25) is 0 Å². The van der Waals surface area contributed by atoms with E-state index in [4.69, 9.17) is 21.6 Å². The van der Waals surface area contributed by atoms with Crippen molar-refractivity contribution in [3.8, 4) is 11.8 Å². The first-order valence-corrected chi connectivity index (χ1v) is 7.43. The fourth-order valence-corrected chi connectivity index (χ4v) is 2.94. The predicted octanol–water partition coefficient (Wildman–Crippen LogP) is 4.81. The zero-order valence-corrected chi connectivity index (χ0v) is 12.1. The van der Waals surface area contributed by atoms with Gasteiger partial charge in [-0.25, -0.2) is 0 Å². The molecule has 1 fully saturated rings. The molecule has 1 saturated carbocycles. The number of benzene rings is 1. The highest BCUT2D eigenvalue weighted by atomic mass is 35.5. The Labute approximate surface area is 120 Å². The highest BCUT2D eigenvalue weighted by Crippen LogP contribution is 2.32. The van der Waals surface area contributed by atoms with Crippen molar-refractivity contribution < 1.29 is 4.74 Å². The Bertz CT molecular complexity index is 458. The molecule has 1 aromatic carbocycles. The minimum Gasteiger partial charge on any atom is -0.492 e. The van der Waals surface area contributed by atoms with Crippen LogP contribution in [-0.4, -0.2) is 6.61 Å². The standard InChI is InChI=1S/C16H20ClNO/c1-2-12-3-5-13(6-4-12)11-19-16-8-7-14(10-18)9-15(16)17/h7-9,12-13H,2-6,11H2,1H3/t12-,13-. The summed E-state index contributed by atoms with van der Waals surface area (Å²) in [5.74, 6) is 2.25. The second kappa shape index (κ2) is 6.82. The highest BCUT2D eigenvalue weighted by molar-refractivity contribution is 6.32. The van der Waals surface area contributed by atoms with Gasteiger partial charge in [0, 0.05) is 0 Å². The summed E-state index contributed by atoms with van der Waals surface area (Å²) in [4.78, 5) is 0. The summed E-state index contributed by atoms with van der Waals surface area (Å²) in [5.41, 5.74) is 0.570. The molecule has 0 amide bonds. The van der Waals surface area contributed by atoms with Crippen LogP contribution in [-0.2, 0) is 0 Å². The molecule has 0 radical (unpaired) electrons. The lowest BCUT2D eigenvalue weighted by Crippen LogP contribution is -2.19. The molecule has 1 aliphatic rings. The van der Waals surface area contributed by atoms with Crippen molar-refractivity contribution in [2.45, 2.75) is 39.0 Å². The monoisotopic (exact) mass is 277 g/mol. The summed E-state index contributed by atoms with van der Waals surface area (Å²) in [6.45, 7) is 3.01. The second-order valence-corrected chi connectivity index (χ2v) is 5.77. The lowest BCUT2D eigenvalue weighted by Gasteiger charge is -2.27. The Balaban J connectivity index is 1.85. The number of hydrogen-bond donors (Lipinski definition) is 0. The maximum absolute atomic E-state index is 8.79. The van der Waals surface area contributed by atoms with E-state index in [-0.39, 0.29) is 0 Å². The molecule has 0 unspecified atom stereocenters. The Morgan fingerprint density at radius 2 is 1.95 bits per heavy atom. The number of hydrogen-bond acceptors (Lipinski definition) is 2. The third kappa shape index (κ3) is 3.88. The molecule has 0 heterocycles. The van der Waals surface area contributed by atoms with Crippen LogP contribution < -0.4 is 4.74 Å². The molecule has 0 aliphatic heterocycles. The summed E-state index contributed by atoms with van der Waals surface area (Å²) in [6, 6.07) is 7.26. The third-order valence-electron chi connectivity index (χ3n) is 4.08. The number of ether oxygens (including phenoxy) is 1. The smallest absolute Gasteiger partial charge is 0.137 e. The van der Waals surface area contributed by atoms with Gasteiger partial charge in [0.15, 0.2) is 0 Å². The van der Waals surface area contributed by atoms with Gasteiger partial charge in [-0.3, -0.25) is 0 Å². The molecule has 102 valence electrons. The van der Waals surface area contributed by atoms with E-state index in [1.165, 1.54) is 32.1 Å². The van der Waals surface area contributed by atoms with Crippen LogP contribution in [0.25, 0.3) is 0 Å². The third-order valence-corrected chi connectivity index (χ3v) is 4.37. The fourth-order valence-electron chi connectivity index (χ4n) is 2.70. The minimum absolute atomic E-state index is 0.529. The predicted molar refractivity (Wildman–Crippen MR) is 77.4 cm³/mol. The molecule has 0 saturated heterocycles. The molecule has 0 atom stereocenters. The lowest BCUT2D eigenvalue weighted by molar-refractivity contribution is 0.181. The number of halogens is 1. The molecule has 2 nitrogen and oxygen atoms in total. The Kier molecular flexibility index (Phi) is 5.10. The summed E-state index contributed by atoms with van der Waals surface area (Å²) >= 11 is 6.10. The van der Waals surface area contributed by atoms with E-state index < -0.39 is 0 Å². The summed E-state index contributed by atoms with van der Waals surface area (Å²) in [7, 11) is 0. The van der Waals surface area contributed by atoms with Gasteiger partial charge in [0.05, 0.1) is 23.3 Å². The van der Waals surface area contributed by atoms with Crippen LogP contribution in [0.4, 0.5) is 0 Å². The largest absolute Gasteiger partial charge is 0.492 e. The van der Waals surface area contributed by atoms with Gasteiger partial charge in [0.1, 0.15) is 5.75 Å². The van der Waals surface area contributed by atoms with Gasteiger partial charge in [-0.05, 0) is 42.9 Å². The maximum Gasteiger partial charge on any atom is 0.137 e. The van der Waals surface area contributed by atoms with Crippen LogP contribution in [0, 0.1) is 23.2 Å². The zero-order chi connectivity index (χ0) is 13.7. The first kappa shape index (κ1) is 14.2. The van der Waals surface area contributed by atoms with E-state index in [1.807, 2.05) is 0 Å². The van der Waals surface area contributed by atoms with E-state index in [1.54, 1.807) is 18.2 Å². The fraction of sp³-hybridized carbons (Fsp3) is 0.562. The molecule has 0 aromatic heterocycles. The normalized spacial score (nSPS) is 22.8. The minimum atomic E-state index is 0.529. The van der Waals surface area contributed by atoms with Crippen molar-refractivity contribution >= 4 is 11.6 Å². The van der Waals surface area contributed by atoms with E-state index in [0.717, 1.165) is 12.5 Å². The molecule has 19 heavy (non-hydrogen) atoms. The molecule has 1 aromatic rings. The topological polar surface area (TPSA) is 33.0 Å². The van der Waals surface area contributed by atoms with Crippen molar-refractivity contribution in [3.63, 3.8) is 0 Å². The van der Waals surface area contributed by atoms with Crippen LogP contribution in [0.3, 0.4) is 0 Å². The highest BCUT2D eigenvalue weighted by Gasteiger charge is 2.20. The molecule has 2 rings (SSSR count). The van der Waals surface area contributed by atoms with Gasteiger partial charge >= 0.3 is 0 Å². The quantitative estimate of drug-likeness (QED) is 0.791. The molecular formula is C16H20ClNO. The van der Waals surface area contributed by atoms with Crippen LogP contribution in [0.5, 0.6) is 5.75 Å². The molecule has 0 bridgehead atoms. The zero-order valence-electron chi connectivity index (χ0n) is 11.4. The summed E-state index contributed by atoms with van der Waals surface area (Å²) < 4.78 is 5.80. The van der Waals surface area contributed by atoms with Crippen molar-refractivity contribution in [3.05, 3.63) is 28.8 Å². The molecule has 1 aliphatic carbocycles. The molecular weight excluding hydrogens is 258 g/mol. The molecule has 3 heteroatoms. The second-order valence-electron chi connectivity index (χ2n) is 5.36. The van der Waals surface area contributed by atoms with Gasteiger partial charge < -0.3 is 4.74 Å². The van der Waals surface area contributed by atoms with Crippen LogP contribution in [0.15, 0.2) is 18.2 Å². The van der Waals surface area contributed by atoms with Crippen molar-refractivity contribution in [2.24, 2.45) is 11.8 Å². The summed E-state index contributed by atoms with van der Waals surface area (Å²) in [6.07, 6.45) is 6.46. The Morgan fingerprint density at radius 3 is 2.53 bits per heavy atom. The van der Waals surface area contributed by atoms with Crippen LogP contribution in [0.1, 0.15) is 44.6 Å². The van der Waals surface area contributed by atoms with Crippen molar-refractivity contribution in [1.82, 2.24) is 0 Å². The van der Waals surface area contributed by atoms with E-state index in [0.29, 0.717) is 22.3 Å². The van der Waals surface area contributed by atoms with E-state index >= 15 is 0 Å². The maximum atomic E-state index is 8.79. The van der Waals surface area contributed by atoms with E-state index in [9.17, 15) is 0 Å². The summed E-state index contributed by atoms with van der Waals surface area (Å²) in [5, 5.41) is 9.31. The van der Waals surface area contributed by atoms with E-state index in [2.05, 4.69) is 13.0 Å². The van der Waals surface area contributed by atoms with Crippen LogP contribution in [0.2, 0.25) is 5.02 Å². The Hall–Kier alpha value is -1.20. The van der Waals surface area contributed by atoms with Gasteiger partial charge in [-0.1, -0.05) is 37.8 Å². The van der Waals surface area contributed by atoms with Crippen molar-refractivity contribution in [2.75, 3.05) is 6.61 Å². The van der Waals surface area contributed by atoms with Crippen molar-refractivity contribution in [1.29, 1.82) is 5.26 Å².